The highest BCUT2D eigenvalue weighted by molar-refractivity contribution is 9.10. The number of hydrogen-bond acceptors (Lipinski definition) is 3. The maximum absolute atomic E-state index is 11.7. The minimum absolute atomic E-state index is 0.244. The highest BCUT2D eigenvalue weighted by Crippen LogP contribution is 2.24. The molecule has 0 spiro atoms. The van der Waals surface area contributed by atoms with Crippen molar-refractivity contribution in [2.24, 2.45) is 0 Å². The molecule has 1 aromatic rings. The molecule has 16 heavy (non-hydrogen) atoms. The summed E-state index contributed by atoms with van der Waals surface area (Å²) in [4.78, 5) is 13.5. The van der Waals surface area contributed by atoms with Crippen LogP contribution in [0.1, 0.15) is 17.2 Å². The van der Waals surface area contributed by atoms with Crippen LogP contribution in [0.3, 0.4) is 0 Å². The normalized spacial score (nSPS) is 12.6. The van der Waals surface area contributed by atoms with E-state index >= 15 is 0 Å². The summed E-state index contributed by atoms with van der Waals surface area (Å²) in [5, 5.41) is 0. The number of methoxy groups -OCH3 is 1. The smallest absolute Gasteiger partial charge is 0.327 e. The lowest BCUT2D eigenvalue weighted by Crippen LogP contribution is -2.28. The summed E-state index contributed by atoms with van der Waals surface area (Å²) in [6.45, 7) is 2.00. The fourth-order valence-corrected chi connectivity index (χ4v) is 1.84. The van der Waals surface area contributed by atoms with Gasteiger partial charge in [0.25, 0.3) is 0 Å². The highest BCUT2D eigenvalue weighted by atomic mass is 79.9. The van der Waals surface area contributed by atoms with Crippen LogP contribution in [-0.2, 0) is 9.53 Å². The first-order chi connectivity index (χ1) is 7.47. The number of esters is 1. The number of rotatable bonds is 3. The Labute approximate surface area is 105 Å². The summed E-state index contributed by atoms with van der Waals surface area (Å²) >= 11 is 3.44. The van der Waals surface area contributed by atoms with Crippen LogP contribution in [0.2, 0.25) is 0 Å². The fraction of sp³-hybridized carbons (Fsp3) is 0.417. The van der Waals surface area contributed by atoms with Crippen LogP contribution in [0.5, 0.6) is 0 Å². The van der Waals surface area contributed by atoms with Gasteiger partial charge in [-0.2, -0.15) is 0 Å². The Balaban J connectivity index is 3.11. The van der Waals surface area contributed by atoms with Gasteiger partial charge in [-0.25, -0.2) is 4.79 Å². The predicted molar refractivity (Wildman–Crippen MR) is 67.3 cm³/mol. The van der Waals surface area contributed by atoms with E-state index in [2.05, 4.69) is 15.9 Å². The number of aryl methyl sites for hydroxylation is 1. The molecule has 0 aliphatic heterocycles. The van der Waals surface area contributed by atoms with Gasteiger partial charge in [-0.1, -0.05) is 28.1 Å². The number of benzene rings is 1. The largest absolute Gasteiger partial charge is 0.468 e. The summed E-state index contributed by atoms with van der Waals surface area (Å²) in [7, 11) is 5.13. The molecule has 0 N–H and O–H groups in total. The SMILES string of the molecule is COC(=O)C(c1ccc(Br)c(C)c1)N(C)C. The molecule has 4 heteroatoms. The van der Waals surface area contributed by atoms with Crippen molar-refractivity contribution < 1.29 is 9.53 Å². The Morgan fingerprint density at radius 1 is 1.44 bits per heavy atom. The number of carbonyl (C=O) groups is 1. The summed E-state index contributed by atoms with van der Waals surface area (Å²) < 4.78 is 5.85. The fourth-order valence-electron chi connectivity index (χ4n) is 1.59. The molecule has 1 rings (SSSR count). The van der Waals surface area contributed by atoms with Crippen LogP contribution in [-0.4, -0.2) is 32.1 Å². The van der Waals surface area contributed by atoms with E-state index in [1.165, 1.54) is 7.11 Å². The second kappa shape index (κ2) is 5.46. The van der Waals surface area contributed by atoms with Gasteiger partial charge >= 0.3 is 5.97 Å². The van der Waals surface area contributed by atoms with Crippen molar-refractivity contribution in [2.45, 2.75) is 13.0 Å². The molecule has 0 aromatic heterocycles. The Bertz CT molecular complexity index is 391. The number of likely N-dealkylation sites (N-methyl/N-ethyl adjacent to an activating group) is 1. The van der Waals surface area contributed by atoms with Gasteiger partial charge in [-0.05, 0) is 38.2 Å². The second-order valence-electron chi connectivity index (χ2n) is 3.90. The molecule has 3 nitrogen and oxygen atoms in total. The van der Waals surface area contributed by atoms with Crippen LogP contribution in [0.15, 0.2) is 22.7 Å². The molecule has 0 heterocycles. The Morgan fingerprint density at radius 3 is 2.50 bits per heavy atom. The van der Waals surface area contributed by atoms with E-state index in [0.29, 0.717) is 0 Å². The number of hydrogen-bond donors (Lipinski definition) is 0. The highest BCUT2D eigenvalue weighted by Gasteiger charge is 2.23. The first kappa shape index (κ1) is 13.2. The molecule has 0 amide bonds. The monoisotopic (exact) mass is 285 g/mol. The molecule has 0 bridgehead atoms. The summed E-state index contributed by atoms with van der Waals surface area (Å²) in [5.74, 6) is -0.244. The first-order valence-corrected chi connectivity index (χ1v) is 5.77. The number of carbonyl (C=O) groups excluding carboxylic acids is 1. The van der Waals surface area contributed by atoms with Gasteiger partial charge in [0.15, 0.2) is 0 Å². The third kappa shape index (κ3) is 2.83. The number of halogens is 1. The lowest BCUT2D eigenvalue weighted by Gasteiger charge is -2.22. The van der Waals surface area contributed by atoms with Gasteiger partial charge in [0.1, 0.15) is 6.04 Å². The molecule has 1 unspecified atom stereocenters. The van der Waals surface area contributed by atoms with E-state index in [0.717, 1.165) is 15.6 Å². The minimum Gasteiger partial charge on any atom is -0.468 e. The van der Waals surface area contributed by atoms with Gasteiger partial charge in [-0.3, -0.25) is 4.90 Å². The molecule has 0 saturated carbocycles. The lowest BCUT2D eigenvalue weighted by molar-refractivity contribution is -0.146. The summed E-state index contributed by atoms with van der Waals surface area (Å²) in [6.07, 6.45) is 0. The minimum atomic E-state index is -0.350. The van der Waals surface area contributed by atoms with Crippen molar-refractivity contribution in [1.29, 1.82) is 0 Å². The topological polar surface area (TPSA) is 29.5 Å². The van der Waals surface area contributed by atoms with E-state index in [1.54, 1.807) is 0 Å². The third-order valence-electron chi connectivity index (χ3n) is 2.44. The number of ether oxygens (including phenoxy) is 1. The summed E-state index contributed by atoms with van der Waals surface area (Å²) in [5.41, 5.74) is 2.05. The molecular weight excluding hydrogens is 270 g/mol. The van der Waals surface area contributed by atoms with Crippen molar-refractivity contribution in [3.05, 3.63) is 33.8 Å². The molecule has 0 fully saturated rings. The molecule has 0 aliphatic carbocycles. The standard InChI is InChI=1S/C12H16BrNO2/c1-8-7-9(5-6-10(8)13)11(14(2)3)12(15)16-4/h5-7,11H,1-4H3. The lowest BCUT2D eigenvalue weighted by atomic mass is 10.0. The van der Waals surface area contributed by atoms with Gasteiger partial charge < -0.3 is 4.74 Å². The molecule has 0 saturated heterocycles. The van der Waals surface area contributed by atoms with E-state index in [9.17, 15) is 4.79 Å². The molecular formula is C12H16BrNO2. The first-order valence-electron chi connectivity index (χ1n) is 4.97. The quantitative estimate of drug-likeness (QED) is 0.800. The number of nitrogens with zero attached hydrogens (tertiary/aromatic N) is 1. The van der Waals surface area contributed by atoms with Crippen LogP contribution in [0.25, 0.3) is 0 Å². The average Bonchev–Trinajstić information content (AvgIpc) is 2.22. The van der Waals surface area contributed by atoms with E-state index < -0.39 is 0 Å². The van der Waals surface area contributed by atoms with Gasteiger partial charge in [-0.15, -0.1) is 0 Å². The summed E-state index contributed by atoms with van der Waals surface area (Å²) in [6, 6.07) is 5.52. The molecule has 0 aliphatic rings. The van der Waals surface area contributed by atoms with Crippen LogP contribution in [0, 0.1) is 6.92 Å². The van der Waals surface area contributed by atoms with Crippen LogP contribution < -0.4 is 0 Å². The van der Waals surface area contributed by atoms with Crippen molar-refractivity contribution >= 4 is 21.9 Å². The molecule has 1 atom stereocenters. The van der Waals surface area contributed by atoms with E-state index in [4.69, 9.17) is 4.74 Å². The zero-order valence-corrected chi connectivity index (χ0v) is 11.5. The van der Waals surface area contributed by atoms with Crippen LogP contribution >= 0.6 is 15.9 Å². The van der Waals surface area contributed by atoms with Crippen molar-refractivity contribution in [3.8, 4) is 0 Å². The molecule has 88 valence electrons. The Hall–Kier alpha value is -0.870. The maximum Gasteiger partial charge on any atom is 0.327 e. The Kier molecular flexibility index (Phi) is 4.50. The predicted octanol–water partition coefficient (Wildman–Crippen LogP) is 2.53. The van der Waals surface area contributed by atoms with Gasteiger partial charge in [0.2, 0.25) is 0 Å². The zero-order chi connectivity index (χ0) is 12.3. The zero-order valence-electron chi connectivity index (χ0n) is 9.95. The average molecular weight is 286 g/mol. The van der Waals surface area contributed by atoms with Crippen molar-refractivity contribution in [3.63, 3.8) is 0 Å². The van der Waals surface area contributed by atoms with E-state index in [-0.39, 0.29) is 12.0 Å². The maximum atomic E-state index is 11.7. The third-order valence-corrected chi connectivity index (χ3v) is 3.33. The Morgan fingerprint density at radius 2 is 2.06 bits per heavy atom. The second-order valence-corrected chi connectivity index (χ2v) is 4.75. The molecule has 1 aromatic carbocycles. The van der Waals surface area contributed by atoms with Gasteiger partial charge in [0, 0.05) is 4.47 Å². The van der Waals surface area contributed by atoms with Gasteiger partial charge in [0.05, 0.1) is 7.11 Å². The van der Waals surface area contributed by atoms with E-state index in [1.807, 2.05) is 44.1 Å². The molecule has 0 radical (unpaired) electrons. The van der Waals surface area contributed by atoms with Crippen molar-refractivity contribution in [1.82, 2.24) is 4.90 Å². The van der Waals surface area contributed by atoms with Crippen molar-refractivity contribution in [2.75, 3.05) is 21.2 Å². The van der Waals surface area contributed by atoms with Crippen LogP contribution in [0.4, 0.5) is 0 Å².